The summed E-state index contributed by atoms with van der Waals surface area (Å²) in [5.41, 5.74) is 2.56. The Labute approximate surface area is 138 Å². The minimum absolute atomic E-state index is 0.314. The first-order chi connectivity index (χ1) is 11.6. The lowest BCUT2D eigenvalue weighted by molar-refractivity contribution is 0.252. The molecule has 2 amide bonds. The standard InChI is InChI=1S/C18H17FN4O/c1-3-21-18(24)23-17-7-15-14(12-6-13(19)9-20-8-12)5-4-11(2)16(15)10-22-17/h4-10H,3H2,1-2H3,(H2,21,22,23,24). The van der Waals surface area contributed by atoms with Gasteiger partial charge in [-0.1, -0.05) is 12.1 Å². The predicted octanol–water partition coefficient (Wildman–Crippen LogP) is 3.89. The molecule has 0 aliphatic rings. The van der Waals surface area contributed by atoms with E-state index in [4.69, 9.17) is 0 Å². The van der Waals surface area contributed by atoms with Crippen molar-refractivity contribution >= 4 is 22.6 Å². The lowest BCUT2D eigenvalue weighted by Crippen LogP contribution is -2.28. The first-order valence-electron chi connectivity index (χ1n) is 7.63. The fourth-order valence-corrected chi connectivity index (χ4v) is 2.58. The molecule has 0 spiro atoms. The van der Waals surface area contributed by atoms with Crippen molar-refractivity contribution in [3.05, 3.63) is 54.2 Å². The molecule has 0 aliphatic carbocycles. The van der Waals surface area contributed by atoms with E-state index in [0.717, 1.165) is 21.9 Å². The highest BCUT2D eigenvalue weighted by Gasteiger charge is 2.10. The number of rotatable bonds is 3. The quantitative estimate of drug-likeness (QED) is 0.768. The molecule has 3 rings (SSSR count). The predicted molar refractivity (Wildman–Crippen MR) is 92.4 cm³/mol. The summed E-state index contributed by atoms with van der Waals surface area (Å²) in [5, 5.41) is 7.17. The van der Waals surface area contributed by atoms with Crippen LogP contribution in [-0.2, 0) is 0 Å². The maximum Gasteiger partial charge on any atom is 0.320 e. The molecule has 2 aromatic heterocycles. The SMILES string of the molecule is CCNC(=O)Nc1cc2c(-c3cncc(F)c3)ccc(C)c2cn1. The lowest BCUT2D eigenvalue weighted by Gasteiger charge is -2.11. The van der Waals surface area contributed by atoms with E-state index in [1.807, 2.05) is 26.0 Å². The Morgan fingerprint density at radius 1 is 1.17 bits per heavy atom. The molecule has 24 heavy (non-hydrogen) atoms. The van der Waals surface area contributed by atoms with Crippen molar-refractivity contribution in [2.45, 2.75) is 13.8 Å². The first-order valence-corrected chi connectivity index (χ1v) is 7.63. The number of hydrogen-bond donors (Lipinski definition) is 2. The van der Waals surface area contributed by atoms with Crippen molar-refractivity contribution in [3.8, 4) is 11.1 Å². The molecule has 0 saturated carbocycles. The second-order valence-corrected chi connectivity index (χ2v) is 5.42. The van der Waals surface area contributed by atoms with Crippen molar-refractivity contribution in [2.24, 2.45) is 0 Å². The van der Waals surface area contributed by atoms with Crippen LogP contribution in [0.2, 0.25) is 0 Å². The van der Waals surface area contributed by atoms with E-state index in [-0.39, 0.29) is 6.03 Å². The summed E-state index contributed by atoms with van der Waals surface area (Å²) in [6, 6.07) is 6.79. The second kappa shape index (κ2) is 6.62. The van der Waals surface area contributed by atoms with Gasteiger partial charge in [0.2, 0.25) is 0 Å². The van der Waals surface area contributed by atoms with Crippen molar-refractivity contribution in [2.75, 3.05) is 11.9 Å². The van der Waals surface area contributed by atoms with Gasteiger partial charge >= 0.3 is 6.03 Å². The number of nitrogens with one attached hydrogen (secondary N) is 2. The van der Waals surface area contributed by atoms with Gasteiger partial charge in [-0.2, -0.15) is 0 Å². The number of anilines is 1. The average molecular weight is 324 g/mol. The van der Waals surface area contributed by atoms with E-state index in [0.29, 0.717) is 17.9 Å². The number of benzene rings is 1. The van der Waals surface area contributed by atoms with Crippen molar-refractivity contribution in [3.63, 3.8) is 0 Å². The van der Waals surface area contributed by atoms with Crippen molar-refractivity contribution in [1.82, 2.24) is 15.3 Å². The van der Waals surface area contributed by atoms with Gasteiger partial charge in [0.1, 0.15) is 11.6 Å². The van der Waals surface area contributed by atoms with Gasteiger partial charge in [-0.25, -0.2) is 14.2 Å². The van der Waals surface area contributed by atoms with Crippen LogP contribution in [0.1, 0.15) is 12.5 Å². The topological polar surface area (TPSA) is 66.9 Å². The van der Waals surface area contributed by atoms with Crippen LogP contribution in [0.3, 0.4) is 0 Å². The zero-order valence-corrected chi connectivity index (χ0v) is 13.4. The average Bonchev–Trinajstić information content (AvgIpc) is 2.55. The molecule has 0 fully saturated rings. The van der Waals surface area contributed by atoms with Gasteiger partial charge in [0.05, 0.1) is 6.20 Å². The van der Waals surface area contributed by atoms with Gasteiger partial charge < -0.3 is 5.32 Å². The van der Waals surface area contributed by atoms with Crippen LogP contribution >= 0.6 is 0 Å². The van der Waals surface area contributed by atoms with E-state index in [2.05, 4.69) is 20.6 Å². The Hall–Kier alpha value is -3.02. The summed E-state index contributed by atoms with van der Waals surface area (Å²) in [4.78, 5) is 19.9. The van der Waals surface area contributed by atoms with Gasteiger partial charge in [-0.15, -0.1) is 0 Å². The van der Waals surface area contributed by atoms with E-state index in [1.54, 1.807) is 18.5 Å². The van der Waals surface area contributed by atoms with E-state index < -0.39 is 5.82 Å². The van der Waals surface area contributed by atoms with Crippen LogP contribution < -0.4 is 10.6 Å². The van der Waals surface area contributed by atoms with Gasteiger partial charge in [-0.05, 0) is 42.5 Å². The number of hydrogen-bond acceptors (Lipinski definition) is 3. The van der Waals surface area contributed by atoms with E-state index >= 15 is 0 Å². The molecule has 0 aliphatic heterocycles. The van der Waals surface area contributed by atoms with Crippen LogP contribution in [0.15, 0.2) is 42.9 Å². The minimum Gasteiger partial charge on any atom is -0.338 e. The summed E-state index contributed by atoms with van der Waals surface area (Å²) in [7, 11) is 0. The molecule has 0 radical (unpaired) electrons. The Morgan fingerprint density at radius 2 is 2.00 bits per heavy atom. The van der Waals surface area contributed by atoms with Gasteiger partial charge in [0.25, 0.3) is 0 Å². The molecule has 0 saturated heterocycles. The zero-order chi connectivity index (χ0) is 17.1. The summed E-state index contributed by atoms with van der Waals surface area (Å²) in [6.45, 7) is 4.35. The van der Waals surface area contributed by atoms with Gasteiger partial charge in [0.15, 0.2) is 0 Å². The molecule has 0 unspecified atom stereocenters. The summed E-state index contributed by atoms with van der Waals surface area (Å²) >= 11 is 0. The maximum absolute atomic E-state index is 13.5. The number of nitrogens with zero attached hydrogens (tertiary/aromatic N) is 2. The first kappa shape index (κ1) is 15.9. The molecule has 122 valence electrons. The molecule has 0 atom stereocenters. The number of pyridine rings is 2. The Bertz CT molecular complexity index is 911. The number of carbonyl (C=O) groups excluding carboxylic acids is 1. The van der Waals surface area contributed by atoms with Crippen LogP contribution in [0.25, 0.3) is 21.9 Å². The molecule has 6 heteroatoms. The third-order valence-corrected chi connectivity index (χ3v) is 3.71. The normalized spacial score (nSPS) is 10.6. The second-order valence-electron chi connectivity index (χ2n) is 5.42. The highest BCUT2D eigenvalue weighted by molar-refractivity contribution is 6.00. The molecule has 1 aromatic carbocycles. The maximum atomic E-state index is 13.5. The molecular weight excluding hydrogens is 307 g/mol. The number of fused-ring (bicyclic) bond motifs is 1. The third-order valence-electron chi connectivity index (χ3n) is 3.71. The summed E-state index contributed by atoms with van der Waals surface area (Å²) in [6.07, 6.45) is 4.50. The number of amides is 2. The van der Waals surface area contributed by atoms with Gasteiger partial charge in [0, 0.05) is 29.9 Å². The fraction of sp³-hybridized carbons (Fsp3) is 0.167. The number of aryl methyl sites for hydroxylation is 1. The van der Waals surface area contributed by atoms with Gasteiger partial charge in [-0.3, -0.25) is 10.3 Å². The van der Waals surface area contributed by atoms with Crippen molar-refractivity contribution < 1.29 is 9.18 Å². The minimum atomic E-state index is -0.393. The van der Waals surface area contributed by atoms with Crippen molar-refractivity contribution in [1.29, 1.82) is 0 Å². The summed E-state index contributed by atoms with van der Waals surface area (Å²) < 4.78 is 13.5. The number of aromatic nitrogens is 2. The fourth-order valence-electron chi connectivity index (χ4n) is 2.58. The Kier molecular flexibility index (Phi) is 4.37. The molecular formula is C18H17FN4O. The molecule has 2 N–H and O–H groups in total. The lowest BCUT2D eigenvalue weighted by atomic mass is 9.97. The molecule has 0 bridgehead atoms. The van der Waals surface area contributed by atoms with E-state index in [1.165, 1.54) is 12.3 Å². The molecule has 3 aromatic rings. The van der Waals surface area contributed by atoms with Crippen LogP contribution in [0, 0.1) is 12.7 Å². The smallest absolute Gasteiger partial charge is 0.320 e. The Balaban J connectivity index is 2.12. The summed E-state index contributed by atoms with van der Waals surface area (Å²) in [5.74, 6) is 0.0422. The number of halogens is 1. The van der Waals surface area contributed by atoms with Crippen LogP contribution in [-0.4, -0.2) is 22.5 Å². The number of urea groups is 1. The largest absolute Gasteiger partial charge is 0.338 e. The zero-order valence-electron chi connectivity index (χ0n) is 13.4. The number of carbonyl (C=O) groups is 1. The molecule has 5 nitrogen and oxygen atoms in total. The van der Waals surface area contributed by atoms with E-state index in [9.17, 15) is 9.18 Å². The third kappa shape index (κ3) is 3.17. The highest BCUT2D eigenvalue weighted by Crippen LogP contribution is 2.31. The van der Waals surface area contributed by atoms with Crippen LogP contribution in [0.4, 0.5) is 15.0 Å². The highest BCUT2D eigenvalue weighted by atomic mass is 19.1. The molecule has 2 heterocycles. The Morgan fingerprint density at radius 3 is 2.75 bits per heavy atom. The monoisotopic (exact) mass is 324 g/mol. The van der Waals surface area contributed by atoms with Crippen LogP contribution in [0.5, 0.6) is 0 Å².